The molecule has 0 radical (unpaired) electrons. The number of rotatable bonds is 6. The summed E-state index contributed by atoms with van der Waals surface area (Å²) in [6.07, 6.45) is 9.77. The van der Waals surface area contributed by atoms with Crippen LogP contribution in [0.1, 0.15) is 63.4 Å². The second kappa shape index (κ2) is 8.28. The summed E-state index contributed by atoms with van der Waals surface area (Å²) in [6.45, 7) is 0.771. The van der Waals surface area contributed by atoms with E-state index in [2.05, 4.69) is 0 Å². The van der Waals surface area contributed by atoms with Gasteiger partial charge < -0.3 is 4.74 Å². The van der Waals surface area contributed by atoms with Gasteiger partial charge in [-0.1, -0.05) is 62.4 Å². The van der Waals surface area contributed by atoms with Crippen molar-refractivity contribution < 1.29 is 13.2 Å². The largest absolute Gasteiger partial charge is 0.493 e. The van der Waals surface area contributed by atoms with E-state index in [1.165, 1.54) is 32.1 Å². The summed E-state index contributed by atoms with van der Waals surface area (Å²) >= 11 is 0. The Balaban J connectivity index is 1.55. The maximum atomic E-state index is 13.5. The van der Waals surface area contributed by atoms with E-state index in [-0.39, 0.29) is 0 Å². The minimum atomic E-state index is -3.44. The maximum absolute atomic E-state index is 13.5. The molecule has 2 fully saturated rings. The molecule has 4 rings (SSSR count). The third kappa shape index (κ3) is 3.71. The van der Waals surface area contributed by atoms with E-state index in [4.69, 9.17) is 4.74 Å². The lowest BCUT2D eigenvalue weighted by molar-refractivity contribution is 0.209. The van der Waals surface area contributed by atoms with Crippen LogP contribution < -0.4 is 4.74 Å². The number of hydrogen-bond donors (Lipinski definition) is 0. The molecule has 4 heteroatoms. The van der Waals surface area contributed by atoms with Crippen molar-refractivity contribution in [2.24, 2.45) is 5.92 Å². The fourth-order valence-corrected chi connectivity index (χ4v) is 7.15. The molecule has 0 aliphatic heterocycles. The first-order valence-electron chi connectivity index (χ1n) is 10.6. The Morgan fingerprint density at radius 1 is 0.821 bits per heavy atom. The summed E-state index contributed by atoms with van der Waals surface area (Å²) < 4.78 is 32.3. The van der Waals surface area contributed by atoms with Crippen LogP contribution in [0.15, 0.2) is 59.5 Å². The average Bonchev–Trinajstić information content (AvgIpc) is 3.26. The molecule has 0 atom stereocenters. The van der Waals surface area contributed by atoms with E-state index >= 15 is 0 Å². The van der Waals surface area contributed by atoms with Crippen molar-refractivity contribution >= 4 is 9.84 Å². The molecule has 0 unspecified atom stereocenters. The Bertz CT molecular complexity index is 860. The normalized spacial score (nSPS) is 20.1. The molecule has 0 spiro atoms. The number of ether oxygens (including phenoxy) is 1. The van der Waals surface area contributed by atoms with Crippen molar-refractivity contribution in [1.29, 1.82) is 0 Å². The minimum Gasteiger partial charge on any atom is -0.493 e. The fraction of sp³-hybridized carbons (Fsp3) is 0.500. The monoisotopic (exact) mass is 398 g/mol. The molecule has 0 heterocycles. The first-order valence-corrected chi connectivity index (χ1v) is 12.1. The van der Waals surface area contributed by atoms with Crippen LogP contribution in [-0.2, 0) is 14.6 Å². The van der Waals surface area contributed by atoms with E-state index in [0.717, 1.165) is 30.8 Å². The second-order valence-electron chi connectivity index (χ2n) is 8.36. The summed E-state index contributed by atoms with van der Waals surface area (Å²) in [5.41, 5.74) is 0.902. The Hall–Kier alpha value is -1.81. The van der Waals surface area contributed by atoms with E-state index in [0.29, 0.717) is 23.7 Å². The van der Waals surface area contributed by atoms with Gasteiger partial charge in [-0.25, -0.2) is 8.42 Å². The predicted molar refractivity (Wildman–Crippen MR) is 112 cm³/mol. The van der Waals surface area contributed by atoms with Gasteiger partial charge in [-0.3, -0.25) is 0 Å². The minimum absolute atomic E-state index is 0.425. The third-order valence-corrected chi connectivity index (χ3v) is 9.14. The van der Waals surface area contributed by atoms with Crippen LogP contribution in [-0.4, -0.2) is 15.0 Å². The molecule has 0 amide bonds. The van der Waals surface area contributed by atoms with Gasteiger partial charge >= 0.3 is 0 Å². The highest BCUT2D eigenvalue weighted by Gasteiger charge is 2.48. The fourth-order valence-electron chi connectivity index (χ4n) is 4.91. The zero-order valence-corrected chi connectivity index (χ0v) is 17.3. The molecule has 0 bridgehead atoms. The lowest BCUT2D eigenvalue weighted by atomic mass is 9.90. The van der Waals surface area contributed by atoms with Crippen molar-refractivity contribution in [2.45, 2.75) is 67.4 Å². The predicted octanol–water partition coefficient (Wildman–Crippen LogP) is 5.89. The lowest BCUT2D eigenvalue weighted by Gasteiger charge is -2.30. The van der Waals surface area contributed by atoms with Crippen LogP contribution in [0.2, 0.25) is 0 Å². The van der Waals surface area contributed by atoms with Gasteiger partial charge in [-0.2, -0.15) is 0 Å². The van der Waals surface area contributed by atoms with E-state index in [9.17, 15) is 8.42 Å². The third-order valence-electron chi connectivity index (χ3n) is 6.57. The van der Waals surface area contributed by atoms with Gasteiger partial charge in [0.1, 0.15) is 10.5 Å². The quantitative estimate of drug-likeness (QED) is 0.609. The van der Waals surface area contributed by atoms with E-state index < -0.39 is 14.6 Å². The molecule has 150 valence electrons. The van der Waals surface area contributed by atoms with Crippen LogP contribution in [0.25, 0.3) is 0 Å². The summed E-state index contributed by atoms with van der Waals surface area (Å²) in [5.74, 6) is 1.51. The van der Waals surface area contributed by atoms with Crippen molar-refractivity contribution in [3.05, 3.63) is 60.2 Å². The second-order valence-corrected chi connectivity index (χ2v) is 10.6. The smallest absolute Gasteiger partial charge is 0.188 e. The summed E-state index contributed by atoms with van der Waals surface area (Å²) in [5, 5.41) is 0. The summed E-state index contributed by atoms with van der Waals surface area (Å²) in [4.78, 5) is 0.425. The van der Waals surface area contributed by atoms with Gasteiger partial charge in [-0.05, 0) is 61.4 Å². The molecule has 0 aromatic heterocycles. The zero-order chi connectivity index (χ0) is 19.5. The Morgan fingerprint density at radius 2 is 1.46 bits per heavy atom. The van der Waals surface area contributed by atoms with Crippen molar-refractivity contribution in [3.8, 4) is 5.75 Å². The molecule has 2 saturated carbocycles. The molecule has 2 aromatic rings. The van der Waals surface area contributed by atoms with Crippen molar-refractivity contribution in [2.75, 3.05) is 6.61 Å². The van der Waals surface area contributed by atoms with E-state index in [1.807, 2.05) is 30.3 Å². The highest BCUT2D eigenvalue weighted by molar-refractivity contribution is 7.92. The van der Waals surface area contributed by atoms with Crippen molar-refractivity contribution in [1.82, 2.24) is 0 Å². The molecule has 28 heavy (non-hydrogen) atoms. The average molecular weight is 399 g/mol. The van der Waals surface area contributed by atoms with Gasteiger partial charge in [0.05, 0.1) is 11.5 Å². The summed E-state index contributed by atoms with van der Waals surface area (Å²) in [7, 11) is -3.44. The first-order chi connectivity index (χ1) is 13.6. The van der Waals surface area contributed by atoms with Crippen molar-refractivity contribution in [3.63, 3.8) is 0 Å². The topological polar surface area (TPSA) is 43.4 Å². The highest BCUT2D eigenvalue weighted by Crippen LogP contribution is 2.48. The molecule has 2 aliphatic carbocycles. The Morgan fingerprint density at radius 3 is 2.11 bits per heavy atom. The molecule has 2 aromatic carbocycles. The molecular weight excluding hydrogens is 368 g/mol. The number of sulfone groups is 1. The van der Waals surface area contributed by atoms with Crippen LogP contribution in [0.3, 0.4) is 0 Å². The molecule has 0 saturated heterocycles. The lowest BCUT2D eigenvalue weighted by Crippen LogP contribution is -2.33. The molecule has 2 aliphatic rings. The van der Waals surface area contributed by atoms with Crippen LogP contribution in [0.4, 0.5) is 0 Å². The van der Waals surface area contributed by atoms with E-state index in [1.54, 1.807) is 24.3 Å². The number of hydrogen-bond acceptors (Lipinski definition) is 3. The summed E-state index contributed by atoms with van der Waals surface area (Å²) in [6, 6.07) is 16.8. The SMILES string of the molecule is O=S(=O)(c1ccccc1)C1(c2ccc(OCC3CCCCC3)cc2)CCCC1. The van der Waals surface area contributed by atoms with Crippen LogP contribution >= 0.6 is 0 Å². The molecular formula is C24H30O3S. The van der Waals surface area contributed by atoms with Crippen LogP contribution in [0, 0.1) is 5.92 Å². The van der Waals surface area contributed by atoms with Gasteiger partial charge in [0.15, 0.2) is 9.84 Å². The van der Waals surface area contributed by atoms with Gasteiger partial charge in [0, 0.05) is 0 Å². The van der Waals surface area contributed by atoms with Gasteiger partial charge in [0.2, 0.25) is 0 Å². The zero-order valence-electron chi connectivity index (χ0n) is 16.5. The standard InChI is InChI=1S/C24H30O3S/c25-28(26,23-11-5-2-6-12-23)24(17-7-8-18-24)21-13-15-22(16-14-21)27-19-20-9-3-1-4-10-20/h2,5-6,11-16,20H,1,3-4,7-10,17-19H2. The van der Waals surface area contributed by atoms with Gasteiger partial charge in [-0.15, -0.1) is 0 Å². The molecule has 0 N–H and O–H groups in total. The van der Waals surface area contributed by atoms with Gasteiger partial charge in [0.25, 0.3) is 0 Å². The number of benzene rings is 2. The first kappa shape index (κ1) is 19.5. The maximum Gasteiger partial charge on any atom is 0.188 e. The Labute approximate surface area is 169 Å². The highest BCUT2D eigenvalue weighted by atomic mass is 32.2. The molecule has 3 nitrogen and oxygen atoms in total. The van der Waals surface area contributed by atoms with Crippen LogP contribution in [0.5, 0.6) is 5.75 Å². The Kier molecular flexibility index (Phi) is 5.77.